The van der Waals surface area contributed by atoms with Crippen LogP contribution in [0.1, 0.15) is 43.1 Å². The number of pyridine rings is 1. The van der Waals surface area contributed by atoms with Crippen LogP contribution in [0.3, 0.4) is 0 Å². The van der Waals surface area contributed by atoms with E-state index in [9.17, 15) is 18.0 Å². The molecule has 0 radical (unpaired) electrons. The van der Waals surface area contributed by atoms with Crippen LogP contribution in [0, 0.1) is 5.92 Å². The van der Waals surface area contributed by atoms with Crippen molar-refractivity contribution >= 4 is 11.6 Å². The van der Waals surface area contributed by atoms with Crippen LogP contribution < -0.4 is 10.6 Å². The number of benzene rings is 1. The Labute approximate surface area is 186 Å². The van der Waals surface area contributed by atoms with Gasteiger partial charge in [-0.3, -0.25) is 9.78 Å². The Hall–Kier alpha value is -2.61. The average Bonchev–Trinajstić information content (AvgIpc) is 3.35. The molecule has 32 heavy (non-hydrogen) atoms. The molecule has 0 saturated carbocycles. The highest BCUT2D eigenvalue weighted by atomic mass is 19.4. The number of fused-ring (bicyclic) bond motifs is 1. The van der Waals surface area contributed by atoms with Gasteiger partial charge in [0.1, 0.15) is 0 Å². The molecule has 1 fully saturated rings. The lowest BCUT2D eigenvalue weighted by Gasteiger charge is -2.32. The molecule has 1 aliphatic carbocycles. The molecule has 2 aromatic rings. The maximum Gasteiger partial charge on any atom is 0.414 e. The van der Waals surface area contributed by atoms with Gasteiger partial charge in [0, 0.05) is 25.0 Å². The van der Waals surface area contributed by atoms with Crippen LogP contribution in [0.25, 0.3) is 0 Å². The summed E-state index contributed by atoms with van der Waals surface area (Å²) in [5.74, 6) is -0.941. The van der Waals surface area contributed by atoms with Gasteiger partial charge in [0.05, 0.1) is 23.5 Å². The van der Waals surface area contributed by atoms with E-state index in [1.54, 1.807) is 6.07 Å². The predicted octanol–water partition coefficient (Wildman–Crippen LogP) is 4.07. The highest BCUT2D eigenvalue weighted by Crippen LogP contribution is 2.40. The van der Waals surface area contributed by atoms with Crippen LogP contribution in [0.4, 0.5) is 18.9 Å². The normalized spacial score (nSPS) is 22.9. The highest BCUT2D eigenvalue weighted by molar-refractivity contribution is 5.79. The Morgan fingerprint density at radius 2 is 2.00 bits per heavy atom. The van der Waals surface area contributed by atoms with Gasteiger partial charge in [-0.05, 0) is 42.6 Å². The van der Waals surface area contributed by atoms with Crippen molar-refractivity contribution in [3.05, 3.63) is 59.4 Å². The van der Waals surface area contributed by atoms with Crippen LogP contribution in [0.2, 0.25) is 0 Å². The van der Waals surface area contributed by atoms with E-state index in [1.165, 1.54) is 30.4 Å². The maximum absolute atomic E-state index is 13.9. The summed E-state index contributed by atoms with van der Waals surface area (Å²) in [4.78, 5) is 17.5. The lowest BCUT2D eigenvalue weighted by molar-refractivity contribution is -0.191. The third-order valence-corrected chi connectivity index (χ3v) is 6.87. The van der Waals surface area contributed by atoms with E-state index in [0.717, 1.165) is 11.3 Å². The number of nitrogens with one attached hydrogen (secondary N) is 2. The van der Waals surface area contributed by atoms with E-state index < -0.39 is 24.0 Å². The first-order valence-electron chi connectivity index (χ1n) is 10.9. The Balaban J connectivity index is 1.52. The van der Waals surface area contributed by atoms with Crippen LogP contribution in [-0.2, 0) is 16.6 Å². The summed E-state index contributed by atoms with van der Waals surface area (Å²) in [6.07, 6.45) is -1.80. The van der Waals surface area contributed by atoms with E-state index in [2.05, 4.69) is 41.6 Å². The first-order chi connectivity index (χ1) is 15.1. The van der Waals surface area contributed by atoms with Crippen molar-refractivity contribution in [2.75, 3.05) is 25.5 Å². The van der Waals surface area contributed by atoms with E-state index in [4.69, 9.17) is 0 Å². The molecule has 1 aromatic carbocycles. The van der Waals surface area contributed by atoms with Crippen molar-refractivity contribution in [3.63, 3.8) is 0 Å². The largest absolute Gasteiger partial charge is 0.414 e. The van der Waals surface area contributed by atoms with Gasteiger partial charge in [0.2, 0.25) is 5.91 Å². The zero-order valence-electron chi connectivity index (χ0n) is 18.5. The predicted molar refractivity (Wildman–Crippen MR) is 117 cm³/mol. The molecule has 5 nitrogen and oxygen atoms in total. The quantitative estimate of drug-likeness (QED) is 0.727. The molecule has 1 amide bonds. The Morgan fingerprint density at radius 1 is 1.25 bits per heavy atom. The number of alkyl halides is 3. The smallest absolute Gasteiger partial charge is 0.380 e. The van der Waals surface area contributed by atoms with Crippen LogP contribution >= 0.6 is 0 Å². The summed E-state index contributed by atoms with van der Waals surface area (Å²) in [6, 6.07) is 9.30. The number of hydrogen-bond donors (Lipinski definition) is 2. The number of amides is 1. The standard InChI is InChI=1S/C24H29F3N4O/c1-23(2)18-7-5-4-6-15(18)12-20(23)30-17-8-9-19(29-14-17)21(24(25,26)27)31(3)22(32)16-10-11-28-13-16/h4-9,14,16,20-21,28,30H,10-13H2,1-3H3/t16-,20+,21?/m1/s1. The number of aromatic nitrogens is 1. The Kier molecular flexibility index (Phi) is 5.92. The number of carbonyl (C=O) groups excluding carboxylic acids is 1. The van der Waals surface area contributed by atoms with Crippen molar-refractivity contribution in [3.8, 4) is 0 Å². The SMILES string of the molecule is CN(C(=O)[C@@H]1CCNC1)C(c1ccc(N[C@H]2Cc3ccccc3C2(C)C)cn1)C(F)(F)F. The summed E-state index contributed by atoms with van der Waals surface area (Å²) < 4.78 is 41.8. The number of hydrogen-bond acceptors (Lipinski definition) is 4. The molecule has 0 spiro atoms. The molecule has 2 aliphatic rings. The van der Waals surface area contributed by atoms with Gasteiger partial charge in [-0.1, -0.05) is 38.1 Å². The number of nitrogens with zero attached hydrogens (tertiary/aromatic N) is 2. The fraction of sp³-hybridized carbons (Fsp3) is 0.500. The zero-order valence-corrected chi connectivity index (χ0v) is 18.5. The first-order valence-corrected chi connectivity index (χ1v) is 10.9. The molecule has 3 atom stereocenters. The summed E-state index contributed by atoms with van der Waals surface area (Å²) in [6.45, 7) is 5.37. The van der Waals surface area contributed by atoms with E-state index in [1.807, 2.05) is 12.1 Å². The van der Waals surface area contributed by atoms with Gasteiger partial charge in [-0.2, -0.15) is 13.2 Å². The number of carbonyl (C=O) groups is 1. The van der Waals surface area contributed by atoms with Gasteiger partial charge in [0.15, 0.2) is 6.04 Å². The molecule has 1 unspecified atom stereocenters. The highest BCUT2D eigenvalue weighted by Gasteiger charge is 2.47. The van der Waals surface area contributed by atoms with Crippen LogP contribution in [0.5, 0.6) is 0 Å². The molecule has 2 N–H and O–H groups in total. The minimum absolute atomic E-state index is 0.102. The molecular formula is C24H29F3N4O. The van der Waals surface area contributed by atoms with Crippen molar-refractivity contribution in [1.82, 2.24) is 15.2 Å². The maximum atomic E-state index is 13.9. The fourth-order valence-electron chi connectivity index (χ4n) is 4.94. The van der Waals surface area contributed by atoms with Gasteiger partial charge >= 0.3 is 6.18 Å². The molecule has 2 heterocycles. The van der Waals surface area contributed by atoms with Crippen molar-refractivity contribution in [2.45, 2.75) is 50.4 Å². The van der Waals surface area contributed by atoms with Crippen molar-refractivity contribution in [1.29, 1.82) is 0 Å². The third kappa shape index (κ3) is 4.20. The first kappa shape index (κ1) is 22.6. The second-order valence-electron chi connectivity index (χ2n) is 9.33. The van der Waals surface area contributed by atoms with Gasteiger partial charge in [0.25, 0.3) is 0 Å². The van der Waals surface area contributed by atoms with E-state index in [-0.39, 0.29) is 17.2 Å². The van der Waals surface area contributed by atoms with E-state index >= 15 is 0 Å². The summed E-state index contributed by atoms with van der Waals surface area (Å²) in [7, 11) is 1.21. The molecule has 0 bridgehead atoms. The van der Waals surface area contributed by atoms with Crippen molar-refractivity contribution < 1.29 is 18.0 Å². The summed E-state index contributed by atoms with van der Waals surface area (Å²) in [5, 5.41) is 6.48. The summed E-state index contributed by atoms with van der Waals surface area (Å²) in [5.41, 5.74) is 2.92. The van der Waals surface area contributed by atoms with E-state index in [0.29, 0.717) is 25.2 Å². The van der Waals surface area contributed by atoms with Gasteiger partial charge < -0.3 is 15.5 Å². The Morgan fingerprint density at radius 3 is 2.59 bits per heavy atom. The fourth-order valence-corrected chi connectivity index (χ4v) is 4.94. The Bertz CT molecular complexity index is 968. The van der Waals surface area contributed by atoms with Crippen LogP contribution in [-0.4, -0.2) is 48.1 Å². The minimum Gasteiger partial charge on any atom is -0.380 e. The number of rotatable bonds is 5. The van der Waals surface area contributed by atoms with Crippen LogP contribution in [0.15, 0.2) is 42.6 Å². The zero-order chi connectivity index (χ0) is 23.1. The molecule has 4 rings (SSSR count). The monoisotopic (exact) mass is 446 g/mol. The number of anilines is 1. The summed E-state index contributed by atoms with van der Waals surface area (Å²) >= 11 is 0. The van der Waals surface area contributed by atoms with Gasteiger partial charge in [-0.15, -0.1) is 0 Å². The lowest BCUT2D eigenvalue weighted by atomic mass is 9.83. The third-order valence-electron chi connectivity index (χ3n) is 6.87. The molecular weight excluding hydrogens is 417 g/mol. The lowest BCUT2D eigenvalue weighted by Crippen LogP contribution is -2.43. The molecule has 172 valence electrons. The molecule has 1 aromatic heterocycles. The second kappa shape index (κ2) is 8.39. The average molecular weight is 447 g/mol. The van der Waals surface area contributed by atoms with Crippen molar-refractivity contribution in [2.24, 2.45) is 5.92 Å². The second-order valence-corrected chi connectivity index (χ2v) is 9.33. The number of halogens is 3. The minimum atomic E-state index is -4.62. The van der Waals surface area contributed by atoms with Gasteiger partial charge in [-0.25, -0.2) is 0 Å². The molecule has 1 aliphatic heterocycles. The molecule has 8 heteroatoms. The topological polar surface area (TPSA) is 57.3 Å². The molecule has 1 saturated heterocycles.